The lowest BCUT2D eigenvalue weighted by atomic mass is 10.1. The Hall–Kier alpha value is -2.19. The van der Waals surface area contributed by atoms with Crippen molar-refractivity contribution in [3.05, 3.63) is 42.1 Å². The number of carbonyl (C=O) groups is 1. The third-order valence-electron chi connectivity index (χ3n) is 4.06. The van der Waals surface area contributed by atoms with E-state index in [0.29, 0.717) is 31.7 Å². The van der Waals surface area contributed by atoms with Crippen molar-refractivity contribution in [1.29, 1.82) is 0 Å². The second-order valence-corrected chi connectivity index (χ2v) is 7.83. The molecule has 0 aliphatic carbocycles. The summed E-state index contributed by atoms with van der Waals surface area (Å²) >= 11 is 0. The molecule has 7 nitrogen and oxygen atoms in total. The van der Waals surface area contributed by atoms with E-state index in [1.54, 1.807) is 6.07 Å². The summed E-state index contributed by atoms with van der Waals surface area (Å²) in [6.45, 7) is 0.829. The number of piperidine rings is 1. The monoisotopic (exact) mass is 349 g/mol. The first-order valence-corrected chi connectivity index (χ1v) is 9.56. The Kier molecular flexibility index (Phi) is 4.68. The molecule has 1 saturated heterocycles. The Morgan fingerprint density at radius 1 is 1.25 bits per heavy atom. The fraction of sp³-hybridized carbons (Fsp3) is 0.375. The molecule has 8 heteroatoms. The highest BCUT2D eigenvalue weighted by Crippen LogP contribution is 2.20. The van der Waals surface area contributed by atoms with Gasteiger partial charge in [0, 0.05) is 30.8 Å². The van der Waals surface area contributed by atoms with Gasteiger partial charge in [0.05, 0.1) is 6.26 Å². The molecule has 0 saturated carbocycles. The number of hydrogen-bond donors (Lipinski definition) is 1. The van der Waals surface area contributed by atoms with E-state index >= 15 is 0 Å². The molecule has 1 amide bonds. The summed E-state index contributed by atoms with van der Waals surface area (Å²) in [7, 11) is -3.16. The molecule has 3 rings (SSSR count). The maximum Gasteiger partial charge on any atom is 0.273 e. The third-order valence-corrected chi connectivity index (χ3v) is 5.36. The van der Waals surface area contributed by atoms with Crippen LogP contribution in [0.4, 0.5) is 0 Å². The van der Waals surface area contributed by atoms with Crippen molar-refractivity contribution in [1.82, 2.24) is 14.8 Å². The molecule has 1 N–H and O–H groups in total. The highest BCUT2D eigenvalue weighted by molar-refractivity contribution is 7.88. The van der Waals surface area contributed by atoms with Gasteiger partial charge < -0.3 is 9.84 Å². The fourth-order valence-electron chi connectivity index (χ4n) is 2.71. The molecule has 0 radical (unpaired) electrons. The first kappa shape index (κ1) is 16.7. The lowest BCUT2D eigenvalue weighted by molar-refractivity contribution is 0.0915. The van der Waals surface area contributed by atoms with Crippen LogP contribution in [-0.4, -0.2) is 49.2 Å². The van der Waals surface area contributed by atoms with Gasteiger partial charge in [-0.15, -0.1) is 0 Å². The summed E-state index contributed by atoms with van der Waals surface area (Å²) < 4.78 is 29.6. The van der Waals surface area contributed by atoms with Crippen molar-refractivity contribution in [3.8, 4) is 11.3 Å². The van der Waals surface area contributed by atoms with Gasteiger partial charge in [-0.1, -0.05) is 35.5 Å². The van der Waals surface area contributed by atoms with E-state index in [9.17, 15) is 13.2 Å². The number of sulfonamides is 1. The van der Waals surface area contributed by atoms with Crippen LogP contribution in [0.5, 0.6) is 0 Å². The summed E-state index contributed by atoms with van der Waals surface area (Å²) in [4.78, 5) is 12.3. The molecule has 1 aliphatic heterocycles. The van der Waals surface area contributed by atoms with Crippen LogP contribution < -0.4 is 5.32 Å². The summed E-state index contributed by atoms with van der Waals surface area (Å²) in [6, 6.07) is 11.0. The molecule has 1 aliphatic rings. The van der Waals surface area contributed by atoms with Crippen LogP contribution >= 0.6 is 0 Å². The fourth-order valence-corrected chi connectivity index (χ4v) is 3.59. The molecular weight excluding hydrogens is 330 g/mol. The highest BCUT2D eigenvalue weighted by atomic mass is 32.2. The zero-order valence-corrected chi connectivity index (χ0v) is 14.1. The molecule has 1 fully saturated rings. The summed E-state index contributed by atoms with van der Waals surface area (Å²) in [5.74, 6) is 0.228. The van der Waals surface area contributed by atoms with E-state index < -0.39 is 10.0 Å². The molecule has 1 aromatic carbocycles. The zero-order chi connectivity index (χ0) is 17.2. The molecule has 1 aromatic heterocycles. The summed E-state index contributed by atoms with van der Waals surface area (Å²) in [5, 5.41) is 6.71. The maximum atomic E-state index is 12.3. The molecule has 24 heavy (non-hydrogen) atoms. The molecule has 0 bridgehead atoms. The van der Waals surface area contributed by atoms with Gasteiger partial charge in [-0.3, -0.25) is 4.79 Å². The van der Waals surface area contributed by atoms with Gasteiger partial charge in [0.2, 0.25) is 10.0 Å². The third kappa shape index (κ3) is 3.82. The number of aromatic nitrogens is 1. The van der Waals surface area contributed by atoms with Gasteiger partial charge in [-0.2, -0.15) is 0 Å². The van der Waals surface area contributed by atoms with E-state index in [-0.39, 0.29) is 17.6 Å². The van der Waals surface area contributed by atoms with Crippen molar-refractivity contribution < 1.29 is 17.7 Å². The van der Waals surface area contributed by atoms with E-state index in [4.69, 9.17) is 4.52 Å². The molecule has 128 valence electrons. The number of nitrogens with zero attached hydrogens (tertiary/aromatic N) is 2. The number of amides is 1. The lowest BCUT2D eigenvalue weighted by Crippen LogP contribution is -2.46. The minimum absolute atomic E-state index is 0.0626. The average molecular weight is 349 g/mol. The van der Waals surface area contributed by atoms with Crippen LogP contribution in [0, 0.1) is 0 Å². The largest absolute Gasteiger partial charge is 0.355 e. The van der Waals surface area contributed by atoms with Crippen LogP contribution in [0.2, 0.25) is 0 Å². The second-order valence-electron chi connectivity index (χ2n) is 5.85. The predicted molar refractivity (Wildman–Crippen MR) is 88.8 cm³/mol. The Labute approximate surface area is 140 Å². The topological polar surface area (TPSA) is 92.5 Å². The Morgan fingerprint density at radius 2 is 1.92 bits per heavy atom. The van der Waals surface area contributed by atoms with E-state index in [1.165, 1.54) is 10.6 Å². The van der Waals surface area contributed by atoms with Crippen molar-refractivity contribution in [3.63, 3.8) is 0 Å². The maximum absolute atomic E-state index is 12.3. The van der Waals surface area contributed by atoms with Gasteiger partial charge in [-0.25, -0.2) is 12.7 Å². The van der Waals surface area contributed by atoms with Crippen molar-refractivity contribution in [2.45, 2.75) is 18.9 Å². The normalized spacial score (nSPS) is 16.9. The summed E-state index contributed by atoms with van der Waals surface area (Å²) in [6.07, 6.45) is 2.37. The molecule has 0 atom stereocenters. The molecule has 0 unspecified atom stereocenters. The van der Waals surface area contributed by atoms with E-state index in [0.717, 1.165) is 5.56 Å². The van der Waals surface area contributed by atoms with Gasteiger partial charge in [-0.05, 0) is 12.8 Å². The molecule has 0 spiro atoms. The van der Waals surface area contributed by atoms with Crippen LogP contribution in [0.1, 0.15) is 23.3 Å². The minimum atomic E-state index is -3.16. The first-order valence-electron chi connectivity index (χ1n) is 7.71. The zero-order valence-electron chi connectivity index (χ0n) is 13.3. The Balaban J connectivity index is 1.60. The molecular formula is C16H19N3O4S. The van der Waals surface area contributed by atoms with Crippen LogP contribution in [0.15, 0.2) is 40.9 Å². The quantitative estimate of drug-likeness (QED) is 0.903. The SMILES string of the molecule is CS(=O)(=O)N1CCC(NC(=O)c2cc(-c3ccccc3)on2)CC1. The average Bonchev–Trinajstić information content (AvgIpc) is 3.05. The molecule has 2 heterocycles. The Morgan fingerprint density at radius 3 is 2.54 bits per heavy atom. The predicted octanol–water partition coefficient (Wildman–Crippen LogP) is 1.50. The highest BCUT2D eigenvalue weighted by Gasteiger charge is 2.26. The summed E-state index contributed by atoms with van der Waals surface area (Å²) in [5.41, 5.74) is 1.07. The first-order chi connectivity index (χ1) is 11.4. The number of rotatable bonds is 4. The Bertz CT molecular complexity index is 809. The minimum Gasteiger partial charge on any atom is -0.355 e. The van der Waals surface area contributed by atoms with E-state index in [1.807, 2.05) is 30.3 Å². The number of hydrogen-bond acceptors (Lipinski definition) is 5. The van der Waals surface area contributed by atoms with E-state index in [2.05, 4.69) is 10.5 Å². The van der Waals surface area contributed by atoms with Crippen LogP contribution in [0.3, 0.4) is 0 Å². The van der Waals surface area contributed by atoms with Gasteiger partial charge in [0.15, 0.2) is 11.5 Å². The van der Waals surface area contributed by atoms with Gasteiger partial charge in [0.25, 0.3) is 5.91 Å². The number of carbonyl (C=O) groups excluding carboxylic acids is 1. The standard InChI is InChI=1S/C16H19N3O4S/c1-24(21,22)19-9-7-13(8-10-19)17-16(20)14-11-15(23-18-14)12-5-3-2-4-6-12/h2-6,11,13H,7-10H2,1H3,(H,17,20). The number of nitrogens with one attached hydrogen (secondary N) is 1. The van der Waals surface area contributed by atoms with Crippen molar-refractivity contribution in [2.24, 2.45) is 0 Å². The van der Waals surface area contributed by atoms with Gasteiger partial charge >= 0.3 is 0 Å². The van der Waals surface area contributed by atoms with Crippen molar-refractivity contribution in [2.75, 3.05) is 19.3 Å². The smallest absolute Gasteiger partial charge is 0.273 e. The number of benzene rings is 1. The second kappa shape index (κ2) is 6.74. The lowest BCUT2D eigenvalue weighted by Gasteiger charge is -2.30. The molecule has 2 aromatic rings. The van der Waals surface area contributed by atoms with Gasteiger partial charge in [0.1, 0.15) is 0 Å². The van der Waals surface area contributed by atoms with Crippen LogP contribution in [0.25, 0.3) is 11.3 Å². The van der Waals surface area contributed by atoms with Crippen LogP contribution in [-0.2, 0) is 10.0 Å². The van der Waals surface area contributed by atoms with Crippen molar-refractivity contribution >= 4 is 15.9 Å².